The summed E-state index contributed by atoms with van der Waals surface area (Å²) in [5.41, 5.74) is 0.688. The summed E-state index contributed by atoms with van der Waals surface area (Å²) in [6, 6.07) is 4.68. The number of aromatic nitrogens is 2. The van der Waals surface area contributed by atoms with E-state index in [1.807, 2.05) is 6.07 Å². The molecular formula is C15H15N3O2S. The largest absolute Gasteiger partial charge is 0.478 e. The lowest BCUT2D eigenvalue weighted by Gasteiger charge is -2.21. The van der Waals surface area contributed by atoms with E-state index in [9.17, 15) is 4.79 Å². The molecule has 0 saturated heterocycles. The number of hydrogen-bond acceptors (Lipinski definition) is 5. The Labute approximate surface area is 126 Å². The normalized spacial score (nSPS) is 14.5. The van der Waals surface area contributed by atoms with Crippen molar-refractivity contribution in [1.82, 2.24) is 9.97 Å². The third-order valence-electron chi connectivity index (χ3n) is 3.23. The molecule has 1 aliphatic carbocycles. The molecule has 108 valence electrons. The van der Waals surface area contributed by atoms with E-state index in [1.54, 1.807) is 23.7 Å². The molecule has 0 aromatic carbocycles. The molecule has 1 saturated carbocycles. The lowest BCUT2D eigenvalue weighted by Crippen LogP contribution is -2.26. The zero-order chi connectivity index (χ0) is 14.7. The van der Waals surface area contributed by atoms with E-state index in [0.717, 1.165) is 12.6 Å². The molecule has 5 nitrogen and oxygen atoms in total. The van der Waals surface area contributed by atoms with Gasteiger partial charge in [-0.2, -0.15) is 0 Å². The van der Waals surface area contributed by atoms with E-state index in [0.29, 0.717) is 17.6 Å². The monoisotopic (exact) mass is 301 g/mol. The average Bonchev–Trinajstić information content (AvgIpc) is 3.20. The molecule has 0 radical (unpaired) electrons. The van der Waals surface area contributed by atoms with Crippen LogP contribution < -0.4 is 4.90 Å². The van der Waals surface area contributed by atoms with Crippen LogP contribution in [0.1, 0.15) is 23.3 Å². The number of carboxylic acids is 1. The van der Waals surface area contributed by atoms with Crippen molar-refractivity contribution in [2.45, 2.75) is 25.4 Å². The van der Waals surface area contributed by atoms with E-state index in [2.05, 4.69) is 26.3 Å². The molecule has 1 aliphatic rings. The first-order valence-electron chi connectivity index (χ1n) is 6.74. The van der Waals surface area contributed by atoms with Crippen LogP contribution in [0.3, 0.4) is 0 Å². The van der Waals surface area contributed by atoms with Gasteiger partial charge >= 0.3 is 5.97 Å². The van der Waals surface area contributed by atoms with E-state index in [1.165, 1.54) is 23.8 Å². The molecular weight excluding hydrogens is 286 g/mol. The van der Waals surface area contributed by atoms with Crippen LogP contribution in [0.25, 0.3) is 6.08 Å². The van der Waals surface area contributed by atoms with Gasteiger partial charge in [0.1, 0.15) is 0 Å². The molecule has 3 rings (SSSR count). The molecule has 0 amide bonds. The van der Waals surface area contributed by atoms with Gasteiger partial charge in [0.15, 0.2) is 0 Å². The fourth-order valence-corrected chi connectivity index (χ4v) is 2.76. The standard InChI is InChI=1S/C15H15N3O2S/c19-14(20)6-3-11-8-16-15(17-9-11)18(12-4-5-12)10-13-2-1-7-21-13/h1-3,6-9,12H,4-5,10H2,(H,19,20)/b6-3+. The molecule has 2 aromatic rings. The molecule has 2 heterocycles. The van der Waals surface area contributed by atoms with Crippen LogP contribution in [0.15, 0.2) is 36.0 Å². The van der Waals surface area contributed by atoms with Gasteiger partial charge in [0.25, 0.3) is 0 Å². The van der Waals surface area contributed by atoms with Crippen molar-refractivity contribution in [2.24, 2.45) is 0 Å². The molecule has 21 heavy (non-hydrogen) atoms. The van der Waals surface area contributed by atoms with Crippen LogP contribution in [-0.4, -0.2) is 27.1 Å². The smallest absolute Gasteiger partial charge is 0.328 e. The second-order valence-electron chi connectivity index (χ2n) is 4.93. The fraction of sp³-hybridized carbons (Fsp3) is 0.267. The Bertz CT molecular complexity index is 633. The van der Waals surface area contributed by atoms with Crippen molar-refractivity contribution in [2.75, 3.05) is 4.90 Å². The van der Waals surface area contributed by atoms with Gasteiger partial charge in [-0.15, -0.1) is 11.3 Å². The summed E-state index contributed by atoms with van der Waals surface area (Å²) in [4.78, 5) is 22.7. The van der Waals surface area contributed by atoms with Crippen molar-refractivity contribution in [3.05, 3.63) is 46.4 Å². The van der Waals surface area contributed by atoms with Crippen LogP contribution in [0.2, 0.25) is 0 Å². The highest BCUT2D eigenvalue weighted by molar-refractivity contribution is 7.09. The maximum Gasteiger partial charge on any atom is 0.328 e. The predicted octanol–water partition coefficient (Wildman–Crippen LogP) is 2.80. The Balaban J connectivity index is 1.75. The highest BCUT2D eigenvalue weighted by Gasteiger charge is 2.30. The second-order valence-corrected chi connectivity index (χ2v) is 5.96. The second kappa shape index (κ2) is 6.05. The Kier molecular flexibility index (Phi) is 3.96. The molecule has 0 aliphatic heterocycles. The zero-order valence-electron chi connectivity index (χ0n) is 11.3. The first-order chi connectivity index (χ1) is 10.2. The van der Waals surface area contributed by atoms with Crippen molar-refractivity contribution < 1.29 is 9.90 Å². The Morgan fingerprint density at radius 3 is 2.76 bits per heavy atom. The summed E-state index contributed by atoms with van der Waals surface area (Å²) in [5, 5.41) is 10.7. The van der Waals surface area contributed by atoms with Gasteiger partial charge in [0.05, 0.1) is 6.54 Å². The van der Waals surface area contributed by atoms with Crippen LogP contribution in [0.4, 0.5) is 5.95 Å². The van der Waals surface area contributed by atoms with Gasteiger partial charge in [0.2, 0.25) is 5.95 Å². The quantitative estimate of drug-likeness (QED) is 0.831. The first-order valence-corrected chi connectivity index (χ1v) is 7.62. The number of carbonyl (C=O) groups is 1. The minimum atomic E-state index is -0.976. The molecule has 6 heteroatoms. The number of carboxylic acid groups (broad SMARTS) is 1. The van der Waals surface area contributed by atoms with E-state index < -0.39 is 5.97 Å². The van der Waals surface area contributed by atoms with E-state index in [4.69, 9.17) is 5.11 Å². The van der Waals surface area contributed by atoms with Gasteiger partial charge in [-0.25, -0.2) is 14.8 Å². The minimum absolute atomic E-state index is 0.521. The zero-order valence-corrected chi connectivity index (χ0v) is 12.2. The Morgan fingerprint density at radius 2 is 2.19 bits per heavy atom. The highest BCUT2D eigenvalue weighted by atomic mass is 32.1. The number of aliphatic carboxylic acids is 1. The topological polar surface area (TPSA) is 66.3 Å². The molecule has 0 unspecified atom stereocenters. The maximum atomic E-state index is 10.5. The summed E-state index contributed by atoms with van der Waals surface area (Å²) in [7, 11) is 0. The lowest BCUT2D eigenvalue weighted by atomic mass is 10.3. The summed E-state index contributed by atoms with van der Waals surface area (Å²) < 4.78 is 0. The summed E-state index contributed by atoms with van der Waals surface area (Å²) in [6.45, 7) is 0.826. The van der Waals surface area contributed by atoms with Gasteiger partial charge in [0, 0.05) is 35.0 Å². The molecule has 0 atom stereocenters. The van der Waals surface area contributed by atoms with Crippen LogP contribution in [0, 0.1) is 0 Å². The number of anilines is 1. The van der Waals surface area contributed by atoms with Crippen molar-refractivity contribution >= 4 is 29.3 Å². The van der Waals surface area contributed by atoms with E-state index >= 15 is 0 Å². The minimum Gasteiger partial charge on any atom is -0.478 e. The summed E-state index contributed by atoms with van der Waals surface area (Å²) in [5.74, 6) is -0.269. The van der Waals surface area contributed by atoms with Crippen molar-refractivity contribution in [3.63, 3.8) is 0 Å². The fourth-order valence-electron chi connectivity index (χ4n) is 2.05. The predicted molar refractivity (Wildman–Crippen MR) is 82.2 cm³/mol. The molecule has 2 aromatic heterocycles. The Morgan fingerprint density at radius 1 is 1.43 bits per heavy atom. The average molecular weight is 301 g/mol. The van der Waals surface area contributed by atoms with Gasteiger partial charge in [-0.05, 0) is 30.4 Å². The van der Waals surface area contributed by atoms with Gasteiger partial charge in [-0.3, -0.25) is 0 Å². The number of rotatable bonds is 6. The van der Waals surface area contributed by atoms with Crippen LogP contribution in [-0.2, 0) is 11.3 Å². The third kappa shape index (κ3) is 3.66. The van der Waals surface area contributed by atoms with Crippen LogP contribution >= 0.6 is 11.3 Å². The SMILES string of the molecule is O=C(O)/C=C/c1cnc(N(Cc2cccs2)C2CC2)nc1. The molecule has 1 fully saturated rings. The molecule has 1 N–H and O–H groups in total. The lowest BCUT2D eigenvalue weighted by molar-refractivity contribution is -0.131. The number of nitrogens with zero attached hydrogens (tertiary/aromatic N) is 3. The third-order valence-corrected chi connectivity index (χ3v) is 4.09. The van der Waals surface area contributed by atoms with Gasteiger partial charge in [-0.1, -0.05) is 6.07 Å². The molecule has 0 spiro atoms. The number of thiophene rings is 1. The number of hydrogen-bond donors (Lipinski definition) is 1. The maximum absolute atomic E-state index is 10.5. The Hall–Kier alpha value is -2.21. The first kappa shape index (κ1) is 13.8. The summed E-state index contributed by atoms with van der Waals surface area (Å²) in [6.07, 6.45) is 8.25. The van der Waals surface area contributed by atoms with E-state index in [-0.39, 0.29) is 0 Å². The summed E-state index contributed by atoms with van der Waals surface area (Å²) >= 11 is 1.73. The van der Waals surface area contributed by atoms with Crippen molar-refractivity contribution in [1.29, 1.82) is 0 Å². The van der Waals surface area contributed by atoms with Crippen LogP contribution in [0.5, 0.6) is 0 Å². The molecule has 0 bridgehead atoms. The highest BCUT2D eigenvalue weighted by Crippen LogP contribution is 2.31. The van der Waals surface area contributed by atoms with Crippen molar-refractivity contribution in [3.8, 4) is 0 Å². The van der Waals surface area contributed by atoms with Gasteiger partial charge < -0.3 is 10.0 Å².